The van der Waals surface area contributed by atoms with Crippen molar-refractivity contribution < 1.29 is 9.21 Å². The van der Waals surface area contributed by atoms with Crippen LogP contribution in [0.1, 0.15) is 38.3 Å². The molecule has 0 unspecified atom stereocenters. The second-order valence-electron chi connectivity index (χ2n) is 8.07. The molecule has 1 amide bonds. The molecule has 3 heterocycles. The minimum Gasteiger partial charge on any atom is -0.467 e. The van der Waals surface area contributed by atoms with Gasteiger partial charge in [-0.3, -0.25) is 9.36 Å². The van der Waals surface area contributed by atoms with Crippen molar-refractivity contribution in [3.05, 3.63) is 60.3 Å². The Labute approximate surface area is 187 Å². The lowest BCUT2D eigenvalue weighted by Gasteiger charge is -2.37. The Morgan fingerprint density at radius 3 is 2.42 bits per heavy atom. The van der Waals surface area contributed by atoms with Crippen LogP contribution >= 0.6 is 11.8 Å². The van der Waals surface area contributed by atoms with E-state index in [1.165, 1.54) is 17.4 Å². The number of carbonyl (C=O) groups is 1. The molecule has 1 atom stereocenters. The van der Waals surface area contributed by atoms with Gasteiger partial charge in [0, 0.05) is 37.8 Å². The molecule has 0 radical (unpaired) electrons. The van der Waals surface area contributed by atoms with Crippen LogP contribution in [0.15, 0.2) is 58.3 Å². The van der Waals surface area contributed by atoms with Crippen LogP contribution < -0.4 is 4.90 Å². The van der Waals surface area contributed by atoms with Crippen molar-refractivity contribution >= 4 is 23.4 Å². The number of rotatable bonds is 7. The lowest BCUT2D eigenvalue weighted by atomic mass is 10.2. The van der Waals surface area contributed by atoms with Gasteiger partial charge in [0.2, 0.25) is 5.91 Å². The normalized spacial score (nSPS) is 15.5. The number of furan rings is 1. The smallest absolute Gasteiger partial charge is 0.236 e. The van der Waals surface area contributed by atoms with Gasteiger partial charge >= 0.3 is 0 Å². The molecule has 0 spiro atoms. The van der Waals surface area contributed by atoms with Crippen molar-refractivity contribution in [2.45, 2.75) is 43.6 Å². The first-order valence-electron chi connectivity index (χ1n) is 10.7. The highest BCUT2D eigenvalue weighted by atomic mass is 32.2. The third-order valence-corrected chi connectivity index (χ3v) is 6.57. The fourth-order valence-corrected chi connectivity index (χ4v) is 4.75. The molecule has 1 aromatic carbocycles. The Bertz CT molecular complexity index is 979. The van der Waals surface area contributed by atoms with Gasteiger partial charge in [-0.15, -0.1) is 10.2 Å². The van der Waals surface area contributed by atoms with E-state index in [1.807, 2.05) is 30.0 Å². The van der Waals surface area contributed by atoms with E-state index in [1.54, 1.807) is 6.26 Å². The SMILES string of the molecule is CC(C)c1nnc(S[C@@H](C)C(=O)N2CCN(c3ccccc3)CC2)n1Cc1ccco1. The number of thioether (sulfide) groups is 1. The highest BCUT2D eigenvalue weighted by molar-refractivity contribution is 8.00. The zero-order valence-electron chi connectivity index (χ0n) is 18.3. The Balaban J connectivity index is 1.40. The lowest BCUT2D eigenvalue weighted by molar-refractivity contribution is -0.130. The first-order chi connectivity index (χ1) is 15.0. The summed E-state index contributed by atoms with van der Waals surface area (Å²) in [4.78, 5) is 17.4. The van der Waals surface area contributed by atoms with Gasteiger partial charge in [-0.05, 0) is 31.2 Å². The average Bonchev–Trinajstić information content (AvgIpc) is 3.45. The summed E-state index contributed by atoms with van der Waals surface area (Å²) in [5.41, 5.74) is 1.21. The molecule has 1 saturated heterocycles. The van der Waals surface area contributed by atoms with E-state index in [4.69, 9.17) is 4.42 Å². The number of carbonyl (C=O) groups excluding carboxylic acids is 1. The summed E-state index contributed by atoms with van der Waals surface area (Å²) in [6.45, 7) is 9.86. The molecule has 0 aliphatic carbocycles. The highest BCUT2D eigenvalue weighted by Crippen LogP contribution is 2.27. The first kappa shape index (κ1) is 21.5. The van der Waals surface area contributed by atoms with E-state index in [-0.39, 0.29) is 17.1 Å². The largest absolute Gasteiger partial charge is 0.467 e. The molecule has 0 bridgehead atoms. The molecule has 8 heteroatoms. The number of para-hydroxylation sites is 1. The predicted octanol–water partition coefficient (Wildman–Crippen LogP) is 3.87. The Morgan fingerprint density at radius 2 is 1.77 bits per heavy atom. The predicted molar refractivity (Wildman–Crippen MR) is 122 cm³/mol. The number of hydrogen-bond donors (Lipinski definition) is 0. The zero-order chi connectivity index (χ0) is 21.8. The minimum absolute atomic E-state index is 0.149. The number of benzene rings is 1. The van der Waals surface area contributed by atoms with Crippen molar-refractivity contribution in [3.63, 3.8) is 0 Å². The molecule has 164 valence electrons. The van der Waals surface area contributed by atoms with Gasteiger partial charge in [0.1, 0.15) is 11.6 Å². The third kappa shape index (κ3) is 4.95. The van der Waals surface area contributed by atoms with Crippen molar-refractivity contribution in [3.8, 4) is 0 Å². The second-order valence-corrected chi connectivity index (χ2v) is 9.38. The molecule has 1 aliphatic heterocycles. The maximum atomic E-state index is 13.1. The lowest BCUT2D eigenvalue weighted by Crippen LogP contribution is -2.50. The van der Waals surface area contributed by atoms with Crippen molar-refractivity contribution in [1.82, 2.24) is 19.7 Å². The molecular weight excluding hydrogens is 410 g/mol. The summed E-state index contributed by atoms with van der Waals surface area (Å²) in [5, 5.41) is 9.30. The van der Waals surface area contributed by atoms with Crippen molar-refractivity contribution in [2.75, 3.05) is 31.1 Å². The molecule has 0 saturated carbocycles. The van der Waals surface area contributed by atoms with Crippen molar-refractivity contribution in [1.29, 1.82) is 0 Å². The number of nitrogens with zero attached hydrogens (tertiary/aromatic N) is 5. The number of amides is 1. The second kappa shape index (κ2) is 9.60. The van der Waals surface area contributed by atoms with Gasteiger partial charge in [0.15, 0.2) is 5.16 Å². The van der Waals surface area contributed by atoms with Gasteiger partial charge in [-0.25, -0.2) is 0 Å². The van der Waals surface area contributed by atoms with Crippen LogP contribution in [-0.4, -0.2) is 57.0 Å². The quantitative estimate of drug-likeness (QED) is 0.521. The van der Waals surface area contributed by atoms with Crippen LogP contribution in [-0.2, 0) is 11.3 Å². The van der Waals surface area contributed by atoms with Crippen LogP contribution in [0.5, 0.6) is 0 Å². The van der Waals surface area contributed by atoms with Crippen LogP contribution in [0.3, 0.4) is 0 Å². The summed E-state index contributed by atoms with van der Waals surface area (Å²) >= 11 is 1.47. The monoisotopic (exact) mass is 439 g/mol. The molecule has 31 heavy (non-hydrogen) atoms. The maximum Gasteiger partial charge on any atom is 0.236 e. The van der Waals surface area contributed by atoms with E-state index in [0.717, 1.165) is 42.9 Å². The topological polar surface area (TPSA) is 67.4 Å². The van der Waals surface area contributed by atoms with E-state index < -0.39 is 0 Å². The van der Waals surface area contributed by atoms with Crippen LogP contribution in [0.25, 0.3) is 0 Å². The molecule has 0 N–H and O–H groups in total. The average molecular weight is 440 g/mol. The first-order valence-corrected chi connectivity index (χ1v) is 11.6. The van der Waals surface area contributed by atoms with Crippen LogP contribution in [0, 0.1) is 0 Å². The van der Waals surface area contributed by atoms with Gasteiger partial charge in [-0.2, -0.15) is 0 Å². The van der Waals surface area contributed by atoms with Gasteiger partial charge in [0.25, 0.3) is 0 Å². The van der Waals surface area contributed by atoms with Crippen LogP contribution in [0.4, 0.5) is 5.69 Å². The van der Waals surface area contributed by atoms with E-state index in [0.29, 0.717) is 6.54 Å². The van der Waals surface area contributed by atoms with E-state index in [2.05, 4.69) is 57.8 Å². The fraction of sp³-hybridized carbons (Fsp3) is 0.435. The minimum atomic E-state index is -0.233. The number of hydrogen-bond acceptors (Lipinski definition) is 6. The molecule has 3 aromatic rings. The fourth-order valence-electron chi connectivity index (χ4n) is 3.81. The summed E-state index contributed by atoms with van der Waals surface area (Å²) in [6.07, 6.45) is 1.67. The van der Waals surface area contributed by atoms with Gasteiger partial charge in [-0.1, -0.05) is 43.8 Å². The van der Waals surface area contributed by atoms with E-state index in [9.17, 15) is 4.79 Å². The summed E-state index contributed by atoms with van der Waals surface area (Å²) in [6, 6.07) is 14.2. The summed E-state index contributed by atoms with van der Waals surface area (Å²) < 4.78 is 7.59. The molecule has 7 nitrogen and oxygen atoms in total. The third-order valence-electron chi connectivity index (χ3n) is 5.50. The molecular formula is C23H29N5O2S. The number of anilines is 1. The van der Waals surface area contributed by atoms with Crippen molar-refractivity contribution in [2.24, 2.45) is 0 Å². The number of aromatic nitrogens is 3. The van der Waals surface area contributed by atoms with Gasteiger partial charge < -0.3 is 14.2 Å². The molecule has 1 fully saturated rings. The Morgan fingerprint density at radius 1 is 1.03 bits per heavy atom. The molecule has 2 aromatic heterocycles. The van der Waals surface area contributed by atoms with Gasteiger partial charge in [0.05, 0.1) is 18.1 Å². The summed E-state index contributed by atoms with van der Waals surface area (Å²) in [5.74, 6) is 2.12. The van der Waals surface area contributed by atoms with E-state index >= 15 is 0 Å². The Hall–Kier alpha value is -2.74. The van der Waals surface area contributed by atoms with Crippen LogP contribution in [0.2, 0.25) is 0 Å². The highest BCUT2D eigenvalue weighted by Gasteiger charge is 2.28. The zero-order valence-corrected chi connectivity index (χ0v) is 19.1. The standard InChI is InChI=1S/C23H29N5O2S/c1-17(2)21-24-25-23(28(21)16-20-10-7-15-30-20)31-18(3)22(29)27-13-11-26(12-14-27)19-8-5-4-6-9-19/h4-10,15,17-18H,11-14,16H2,1-3H3/t18-/m0/s1. The maximum absolute atomic E-state index is 13.1. The number of piperazine rings is 1. The Kier molecular flexibility index (Phi) is 6.65. The molecule has 4 rings (SSSR count). The summed E-state index contributed by atoms with van der Waals surface area (Å²) in [7, 11) is 0. The molecule has 1 aliphatic rings.